The minimum atomic E-state index is 1.05. The van der Waals surface area contributed by atoms with Crippen LogP contribution in [0.5, 0.6) is 0 Å². The van der Waals surface area contributed by atoms with E-state index in [1.807, 2.05) is 6.07 Å². The van der Waals surface area contributed by atoms with Gasteiger partial charge in [0.25, 0.3) is 0 Å². The van der Waals surface area contributed by atoms with Crippen LogP contribution < -0.4 is 4.90 Å². The van der Waals surface area contributed by atoms with E-state index >= 15 is 0 Å². The van der Waals surface area contributed by atoms with Gasteiger partial charge in [-0.15, -0.1) is 0 Å². The zero-order valence-corrected chi connectivity index (χ0v) is 15.5. The van der Waals surface area contributed by atoms with Crippen molar-refractivity contribution >= 4 is 23.5 Å². The molecule has 3 rings (SSSR count). The van der Waals surface area contributed by atoms with Crippen LogP contribution in [-0.2, 0) is 0 Å². The Morgan fingerprint density at radius 1 is 0.615 bits per heavy atom. The summed E-state index contributed by atoms with van der Waals surface area (Å²) in [4.78, 5) is 2.42. The summed E-state index contributed by atoms with van der Waals surface area (Å²) < 4.78 is 0. The molecule has 1 nitrogen and oxygen atoms in total. The molecule has 0 aliphatic rings. The molecule has 0 unspecified atom stereocenters. The summed E-state index contributed by atoms with van der Waals surface area (Å²) in [6.45, 7) is 3.30. The average Bonchev–Trinajstić information content (AvgIpc) is 2.72. The maximum absolute atomic E-state index is 2.42. The van der Waals surface area contributed by atoms with E-state index in [2.05, 4.69) is 103 Å². The number of unbranched alkanes of at least 4 members (excludes halogenated alkanes) is 2. The summed E-state index contributed by atoms with van der Waals surface area (Å²) in [6.07, 6.45) is 8.04. The third-order valence-electron chi connectivity index (χ3n) is 4.53. The minimum Gasteiger partial charge on any atom is -0.341 e. The third kappa shape index (κ3) is 5.10. The highest BCUT2D eigenvalue weighted by molar-refractivity contribution is 5.71. The summed E-state index contributed by atoms with van der Waals surface area (Å²) in [6, 6.07) is 29.9. The highest BCUT2D eigenvalue weighted by atomic mass is 15.1. The lowest BCUT2D eigenvalue weighted by Gasteiger charge is -2.25. The van der Waals surface area contributed by atoms with Gasteiger partial charge in [0.2, 0.25) is 0 Å². The Labute approximate surface area is 157 Å². The van der Waals surface area contributed by atoms with E-state index in [1.165, 1.54) is 41.8 Å². The molecule has 132 valence electrons. The molecule has 0 atom stereocenters. The summed E-state index contributed by atoms with van der Waals surface area (Å²) in [7, 11) is 0. The molecule has 0 radical (unpaired) electrons. The Kier molecular flexibility index (Phi) is 6.66. The Morgan fingerprint density at radius 2 is 1.15 bits per heavy atom. The monoisotopic (exact) mass is 341 g/mol. The van der Waals surface area contributed by atoms with Crippen LogP contribution in [0.3, 0.4) is 0 Å². The van der Waals surface area contributed by atoms with Crippen LogP contribution in [0.15, 0.2) is 84.9 Å². The first kappa shape index (κ1) is 18.0. The molecule has 0 bridgehead atoms. The quantitative estimate of drug-likeness (QED) is 0.310. The number of para-hydroxylation sites is 1. The predicted octanol–water partition coefficient (Wildman–Crippen LogP) is 7.19. The van der Waals surface area contributed by atoms with Crippen molar-refractivity contribution in [1.29, 1.82) is 0 Å². The average molecular weight is 341 g/mol. The minimum absolute atomic E-state index is 1.05. The second-order valence-corrected chi connectivity index (χ2v) is 6.53. The highest BCUT2D eigenvalue weighted by Gasteiger charge is 2.08. The molecule has 0 saturated heterocycles. The van der Waals surface area contributed by atoms with Crippen molar-refractivity contribution in [3.05, 3.63) is 96.1 Å². The molecule has 3 aromatic carbocycles. The van der Waals surface area contributed by atoms with Crippen LogP contribution in [-0.4, -0.2) is 6.54 Å². The maximum atomic E-state index is 2.42. The largest absolute Gasteiger partial charge is 0.341 e. The molecule has 0 N–H and O–H groups in total. The van der Waals surface area contributed by atoms with Crippen molar-refractivity contribution < 1.29 is 0 Å². The standard InChI is InChI=1S/C25H27N/c1-2-3-10-21-26(24-13-8-5-9-14-24)25-19-17-23(18-20-25)16-15-22-11-6-4-7-12-22/h4-9,11-20H,2-3,10,21H2,1H3/b16-15+. The van der Waals surface area contributed by atoms with E-state index in [-0.39, 0.29) is 0 Å². The Hall–Kier alpha value is -2.80. The molecule has 0 heterocycles. The molecule has 0 aromatic heterocycles. The van der Waals surface area contributed by atoms with Crippen molar-refractivity contribution in [3.63, 3.8) is 0 Å². The second kappa shape index (κ2) is 9.62. The fraction of sp³-hybridized carbons (Fsp3) is 0.200. The van der Waals surface area contributed by atoms with Crippen molar-refractivity contribution in [2.45, 2.75) is 26.2 Å². The van der Waals surface area contributed by atoms with E-state index in [9.17, 15) is 0 Å². The molecule has 0 fully saturated rings. The molecule has 0 amide bonds. The van der Waals surface area contributed by atoms with Gasteiger partial charge in [0.05, 0.1) is 0 Å². The van der Waals surface area contributed by atoms with E-state index in [0.29, 0.717) is 0 Å². The second-order valence-electron chi connectivity index (χ2n) is 6.53. The normalized spacial score (nSPS) is 11.0. The van der Waals surface area contributed by atoms with Gasteiger partial charge in [-0.1, -0.05) is 92.6 Å². The number of hydrogen-bond acceptors (Lipinski definition) is 1. The summed E-state index contributed by atoms with van der Waals surface area (Å²) >= 11 is 0. The van der Waals surface area contributed by atoms with Crippen LogP contribution >= 0.6 is 0 Å². The molecule has 1 heteroatoms. The lowest BCUT2D eigenvalue weighted by molar-refractivity contribution is 0.716. The molecular weight excluding hydrogens is 314 g/mol. The fourth-order valence-corrected chi connectivity index (χ4v) is 3.06. The third-order valence-corrected chi connectivity index (χ3v) is 4.53. The summed E-state index contributed by atoms with van der Waals surface area (Å²) in [5, 5.41) is 0. The lowest BCUT2D eigenvalue weighted by Crippen LogP contribution is -2.18. The van der Waals surface area contributed by atoms with Crippen LogP contribution in [0.4, 0.5) is 11.4 Å². The molecule has 0 aliphatic carbocycles. The summed E-state index contributed by atoms with van der Waals surface area (Å²) in [5.41, 5.74) is 4.96. The smallest absolute Gasteiger partial charge is 0.0411 e. The first-order valence-electron chi connectivity index (χ1n) is 9.52. The molecule has 26 heavy (non-hydrogen) atoms. The van der Waals surface area contributed by atoms with Gasteiger partial charge in [0.1, 0.15) is 0 Å². The van der Waals surface area contributed by atoms with E-state index < -0.39 is 0 Å². The molecule has 0 aliphatic heterocycles. The van der Waals surface area contributed by atoms with Gasteiger partial charge in [-0.3, -0.25) is 0 Å². The number of rotatable bonds is 8. The Balaban J connectivity index is 1.76. The number of nitrogens with zero attached hydrogens (tertiary/aromatic N) is 1. The predicted molar refractivity (Wildman–Crippen MR) is 115 cm³/mol. The topological polar surface area (TPSA) is 3.24 Å². The fourth-order valence-electron chi connectivity index (χ4n) is 3.06. The highest BCUT2D eigenvalue weighted by Crippen LogP contribution is 2.26. The van der Waals surface area contributed by atoms with Crippen molar-refractivity contribution in [2.75, 3.05) is 11.4 Å². The van der Waals surface area contributed by atoms with Gasteiger partial charge in [-0.2, -0.15) is 0 Å². The SMILES string of the molecule is CCCCCN(c1ccccc1)c1ccc(/C=C/c2ccccc2)cc1. The van der Waals surface area contributed by atoms with Crippen LogP contribution in [0.25, 0.3) is 12.2 Å². The number of anilines is 2. The van der Waals surface area contributed by atoms with Gasteiger partial charge < -0.3 is 4.90 Å². The van der Waals surface area contributed by atoms with E-state index in [4.69, 9.17) is 0 Å². The zero-order valence-electron chi connectivity index (χ0n) is 15.5. The van der Waals surface area contributed by atoms with Crippen LogP contribution in [0.2, 0.25) is 0 Å². The first-order valence-corrected chi connectivity index (χ1v) is 9.52. The number of benzene rings is 3. The molecule has 3 aromatic rings. The molecule has 0 saturated carbocycles. The van der Waals surface area contributed by atoms with Crippen molar-refractivity contribution in [1.82, 2.24) is 0 Å². The number of hydrogen-bond donors (Lipinski definition) is 0. The first-order chi connectivity index (χ1) is 12.9. The van der Waals surface area contributed by atoms with Gasteiger partial charge >= 0.3 is 0 Å². The Morgan fingerprint density at radius 3 is 1.77 bits per heavy atom. The van der Waals surface area contributed by atoms with Crippen molar-refractivity contribution in [3.8, 4) is 0 Å². The van der Waals surface area contributed by atoms with Gasteiger partial charge in [-0.25, -0.2) is 0 Å². The van der Waals surface area contributed by atoms with Gasteiger partial charge in [0.15, 0.2) is 0 Å². The van der Waals surface area contributed by atoms with Gasteiger partial charge in [-0.05, 0) is 41.8 Å². The molecular formula is C25H27N. The maximum Gasteiger partial charge on any atom is 0.0411 e. The van der Waals surface area contributed by atoms with E-state index in [0.717, 1.165) is 6.54 Å². The van der Waals surface area contributed by atoms with Gasteiger partial charge in [0, 0.05) is 17.9 Å². The lowest BCUT2D eigenvalue weighted by atomic mass is 10.1. The van der Waals surface area contributed by atoms with E-state index in [1.54, 1.807) is 0 Å². The summed E-state index contributed by atoms with van der Waals surface area (Å²) in [5.74, 6) is 0. The van der Waals surface area contributed by atoms with Crippen LogP contribution in [0.1, 0.15) is 37.3 Å². The van der Waals surface area contributed by atoms with Crippen molar-refractivity contribution in [2.24, 2.45) is 0 Å². The Bertz CT molecular complexity index is 789. The zero-order chi connectivity index (χ0) is 18.0. The van der Waals surface area contributed by atoms with Crippen LogP contribution in [0, 0.1) is 0 Å². The molecule has 0 spiro atoms.